The Labute approximate surface area is 249 Å². The van der Waals surface area contributed by atoms with Gasteiger partial charge in [0.05, 0.1) is 41.3 Å². The van der Waals surface area contributed by atoms with E-state index in [0.717, 1.165) is 31.2 Å². The van der Waals surface area contributed by atoms with Gasteiger partial charge in [-0.25, -0.2) is 4.98 Å². The van der Waals surface area contributed by atoms with Gasteiger partial charge in [-0.05, 0) is 53.0 Å². The Hall–Kier alpha value is -3.91. The third-order valence-corrected chi connectivity index (χ3v) is 7.88. The number of aromatic nitrogens is 2. The number of amides is 1. The van der Waals surface area contributed by atoms with Gasteiger partial charge in [0.25, 0.3) is 5.56 Å². The summed E-state index contributed by atoms with van der Waals surface area (Å²) in [6, 6.07) is 20.0. The summed E-state index contributed by atoms with van der Waals surface area (Å²) in [5, 5.41) is 0.474. The largest absolute Gasteiger partial charge is 0.497 e. The van der Waals surface area contributed by atoms with Gasteiger partial charge in [-0.2, -0.15) is 0 Å². The molecular weight excluding hydrogens is 582 g/mol. The molecule has 0 aliphatic heterocycles. The Morgan fingerprint density at radius 1 is 1.02 bits per heavy atom. The molecule has 1 aromatic heterocycles. The molecule has 8 heteroatoms. The van der Waals surface area contributed by atoms with Gasteiger partial charge in [0.2, 0.25) is 5.91 Å². The predicted octanol–water partition coefficient (Wildman–Crippen LogP) is 7.35. The summed E-state index contributed by atoms with van der Waals surface area (Å²) >= 11 is 3.64. The van der Waals surface area contributed by atoms with Crippen molar-refractivity contribution < 1.29 is 14.3 Å². The van der Waals surface area contributed by atoms with E-state index in [4.69, 9.17) is 14.5 Å². The zero-order valence-electron chi connectivity index (χ0n) is 24.0. The topological polar surface area (TPSA) is 73.7 Å². The van der Waals surface area contributed by atoms with E-state index in [0.29, 0.717) is 44.9 Å². The van der Waals surface area contributed by atoms with Gasteiger partial charge < -0.3 is 14.4 Å². The molecule has 0 bridgehead atoms. The molecule has 1 unspecified atom stereocenters. The molecular formula is C33H36BrN3O4. The molecule has 7 nitrogen and oxygen atoms in total. The first-order chi connectivity index (χ1) is 19.9. The van der Waals surface area contributed by atoms with Gasteiger partial charge in [-0.1, -0.05) is 68.7 Å². The molecule has 0 N–H and O–H groups in total. The number of para-hydroxylation sites is 1. The number of hydrogen-bond donors (Lipinski definition) is 0. The summed E-state index contributed by atoms with van der Waals surface area (Å²) < 4.78 is 13.3. The van der Waals surface area contributed by atoms with E-state index in [1.54, 1.807) is 48.0 Å². The van der Waals surface area contributed by atoms with E-state index in [9.17, 15) is 9.59 Å². The number of methoxy groups -OCH3 is 2. The SMILES string of the molecule is CCCCCCN(C(=O)/C=C/c1ccccc1)C(C)c1nc2ccccc2c(=O)n1-c1cc(OC)cc(OC)c1Br. The van der Waals surface area contributed by atoms with Gasteiger partial charge in [0.15, 0.2) is 0 Å². The summed E-state index contributed by atoms with van der Waals surface area (Å²) in [5.41, 5.74) is 1.78. The fourth-order valence-corrected chi connectivity index (χ4v) is 5.39. The van der Waals surface area contributed by atoms with Crippen LogP contribution in [0, 0.1) is 0 Å². The molecule has 0 aliphatic rings. The number of nitrogens with zero attached hydrogens (tertiary/aromatic N) is 3. The zero-order chi connectivity index (χ0) is 29.4. The van der Waals surface area contributed by atoms with Crippen LogP contribution in [0.3, 0.4) is 0 Å². The number of unbranched alkanes of at least 4 members (excludes halogenated alkanes) is 3. The minimum absolute atomic E-state index is 0.144. The molecule has 0 spiro atoms. The Balaban J connectivity index is 1.88. The van der Waals surface area contributed by atoms with E-state index in [-0.39, 0.29) is 11.5 Å². The first-order valence-electron chi connectivity index (χ1n) is 13.9. The predicted molar refractivity (Wildman–Crippen MR) is 168 cm³/mol. The van der Waals surface area contributed by atoms with Crippen LogP contribution in [0.5, 0.6) is 11.5 Å². The van der Waals surface area contributed by atoms with E-state index < -0.39 is 6.04 Å². The van der Waals surface area contributed by atoms with Crippen LogP contribution in [0.1, 0.15) is 57.0 Å². The fraction of sp³-hybridized carbons (Fsp3) is 0.303. The van der Waals surface area contributed by atoms with E-state index in [1.807, 2.05) is 61.5 Å². The summed E-state index contributed by atoms with van der Waals surface area (Å²) in [7, 11) is 3.12. The standard InChI is InChI=1S/C33H36BrN3O4/c1-5-6-7-13-20-36(30(38)19-18-24-14-9-8-10-15-24)23(2)32-35-27-17-12-11-16-26(27)33(39)37(32)28-21-25(40-3)22-29(41-4)31(28)34/h8-12,14-19,21-23H,5-7,13,20H2,1-4H3/b19-18+. The molecule has 0 aliphatic carbocycles. The number of rotatable bonds is 12. The molecule has 1 amide bonds. The van der Waals surface area contributed by atoms with Gasteiger partial charge in [-0.3, -0.25) is 14.2 Å². The maximum absolute atomic E-state index is 14.1. The van der Waals surface area contributed by atoms with Crippen molar-refractivity contribution in [2.24, 2.45) is 0 Å². The number of fused-ring (bicyclic) bond motifs is 1. The van der Waals surface area contributed by atoms with Crippen LogP contribution in [-0.2, 0) is 4.79 Å². The maximum atomic E-state index is 14.1. The average molecular weight is 619 g/mol. The number of hydrogen-bond acceptors (Lipinski definition) is 5. The first kappa shape index (κ1) is 30.1. The van der Waals surface area contributed by atoms with Crippen molar-refractivity contribution in [3.63, 3.8) is 0 Å². The van der Waals surface area contributed by atoms with Crippen molar-refractivity contribution in [3.8, 4) is 17.2 Å². The first-order valence-corrected chi connectivity index (χ1v) is 14.7. The van der Waals surface area contributed by atoms with Gasteiger partial charge in [0, 0.05) is 24.8 Å². The minimum atomic E-state index is -0.522. The van der Waals surface area contributed by atoms with E-state index >= 15 is 0 Å². The van der Waals surface area contributed by atoms with E-state index in [1.165, 1.54) is 0 Å². The second-order valence-electron chi connectivity index (χ2n) is 9.80. The Morgan fingerprint density at radius 3 is 2.46 bits per heavy atom. The lowest BCUT2D eigenvalue weighted by Crippen LogP contribution is -2.37. The smallest absolute Gasteiger partial charge is 0.266 e. The highest BCUT2D eigenvalue weighted by Gasteiger charge is 2.27. The van der Waals surface area contributed by atoms with Crippen LogP contribution in [0.2, 0.25) is 0 Å². The Bertz CT molecular complexity index is 1580. The molecule has 3 aromatic carbocycles. The molecule has 0 saturated carbocycles. The van der Waals surface area contributed by atoms with Crippen molar-refractivity contribution in [1.29, 1.82) is 0 Å². The molecule has 1 atom stereocenters. The van der Waals surface area contributed by atoms with Crippen LogP contribution in [0.25, 0.3) is 22.7 Å². The molecule has 1 heterocycles. The molecule has 0 radical (unpaired) electrons. The molecule has 4 aromatic rings. The number of halogens is 1. The summed E-state index contributed by atoms with van der Waals surface area (Å²) in [6.07, 6.45) is 7.45. The highest BCUT2D eigenvalue weighted by atomic mass is 79.9. The number of carbonyl (C=O) groups is 1. The van der Waals surface area contributed by atoms with Crippen LogP contribution in [0.4, 0.5) is 0 Å². The van der Waals surface area contributed by atoms with Gasteiger partial charge in [-0.15, -0.1) is 0 Å². The monoisotopic (exact) mass is 617 g/mol. The van der Waals surface area contributed by atoms with Crippen LogP contribution in [0.15, 0.2) is 82.1 Å². The number of benzene rings is 3. The number of ether oxygens (including phenoxy) is 2. The van der Waals surface area contributed by atoms with Crippen molar-refractivity contribution in [1.82, 2.24) is 14.5 Å². The maximum Gasteiger partial charge on any atom is 0.266 e. The molecule has 4 rings (SSSR count). The third kappa shape index (κ3) is 6.88. The summed E-state index contributed by atoms with van der Waals surface area (Å²) in [6.45, 7) is 4.61. The molecule has 214 valence electrons. The van der Waals surface area contributed by atoms with Crippen molar-refractivity contribution >= 4 is 38.8 Å². The van der Waals surface area contributed by atoms with E-state index in [2.05, 4.69) is 22.9 Å². The Kier molecular flexibility index (Phi) is 10.4. The lowest BCUT2D eigenvalue weighted by molar-refractivity contribution is -0.128. The fourth-order valence-electron chi connectivity index (χ4n) is 4.82. The molecule has 0 fully saturated rings. The quantitative estimate of drug-likeness (QED) is 0.123. The number of carbonyl (C=O) groups excluding carboxylic acids is 1. The summed E-state index contributed by atoms with van der Waals surface area (Å²) in [5.74, 6) is 1.34. The second-order valence-corrected chi connectivity index (χ2v) is 10.6. The van der Waals surface area contributed by atoms with Crippen molar-refractivity contribution in [3.05, 3.63) is 99.0 Å². The summed E-state index contributed by atoms with van der Waals surface area (Å²) in [4.78, 5) is 34.6. The average Bonchev–Trinajstić information content (AvgIpc) is 3.00. The molecule has 41 heavy (non-hydrogen) atoms. The molecule has 0 saturated heterocycles. The van der Waals surface area contributed by atoms with Crippen LogP contribution < -0.4 is 15.0 Å². The zero-order valence-corrected chi connectivity index (χ0v) is 25.6. The Morgan fingerprint density at radius 2 is 1.76 bits per heavy atom. The highest BCUT2D eigenvalue weighted by Crippen LogP contribution is 2.37. The van der Waals surface area contributed by atoms with Crippen molar-refractivity contribution in [2.75, 3.05) is 20.8 Å². The van der Waals surface area contributed by atoms with Crippen LogP contribution >= 0.6 is 15.9 Å². The second kappa shape index (κ2) is 14.1. The lowest BCUT2D eigenvalue weighted by atomic mass is 10.1. The van der Waals surface area contributed by atoms with Gasteiger partial charge >= 0.3 is 0 Å². The highest BCUT2D eigenvalue weighted by molar-refractivity contribution is 9.10. The van der Waals surface area contributed by atoms with Crippen LogP contribution in [-0.4, -0.2) is 41.1 Å². The normalized spacial score (nSPS) is 12.0. The third-order valence-electron chi connectivity index (χ3n) is 7.09. The van der Waals surface area contributed by atoms with Crippen molar-refractivity contribution in [2.45, 2.75) is 45.6 Å². The van der Waals surface area contributed by atoms with Gasteiger partial charge in [0.1, 0.15) is 17.3 Å². The lowest BCUT2D eigenvalue weighted by Gasteiger charge is -2.30. The minimum Gasteiger partial charge on any atom is -0.497 e.